The van der Waals surface area contributed by atoms with Crippen LogP contribution in [0.1, 0.15) is 34.3 Å². The van der Waals surface area contributed by atoms with Crippen LogP contribution in [0.4, 0.5) is 5.69 Å². The molecule has 1 aliphatic heterocycles. The van der Waals surface area contributed by atoms with Crippen LogP contribution in [0.2, 0.25) is 0 Å². The number of furan rings is 1. The van der Waals surface area contributed by atoms with Gasteiger partial charge in [0, 0.05) is 54.7 Å². The molecule has 35 heavy (non-hydrogen) atoms. The summed E-state index contributed by atoms with van der Waals surface area (Å²) >= 11 is 0. The normalized spacial score (nSPS) is 14.3. The number of halogens is 1. The molecule has 1 saturated heterocycles. The molecule has 6 heteroatoms. The highest BCUT2D eigenvalue weighted by Crippen LogP contribution is 2.29. The number of hydrogen-bond donors (Lipinski definition) is 1. The number of rotatable bonds is 7. The molecular formula is C29H34ClN3O2. The fourth-order valence-electron chi connectivity index (χ4n) is 4.92. The Labute approximate surface area is 213 Å². The van der Waals surface area contributed by atoms with Crippen molar-refractivity contribution in [1.29, 1.82) is 0 Å². The average Bonchev–Trinajstić information content (AvgIpc) is 3.24. The van der Waals surface area contributed by atoms with E-state index >= 15 is 0 Å². The molecule has 4 aromatic rings. The Hall–Kier alpha value is -3.02. The zero-order chi connectivity index (χ0) is 23.5. The van der Waals surface area contributed by atoms with Crippen LogP contribution in [0.25, 0.3) is 21.9 Å². The smallest absolute Gasteiger partial charge is 0.251 e. The second-order valence-corrected chi connectivity index (χ2v) is 9.32. The van der Waals surface area contributed by atoms with E-state index in [9.17, 15) is 4.79 Å². The third-order valence-electron chi connectivity index (χ3n) is 7.11. The predicted octanol–water partition coefficient (Wildman–Crippen LogP) is 5.96. The summed E-state index contributed by atoms with van der Waals surface area (Å²) in [4.78, 5) is 17.7. The van der Waals surface area contributed by atoms with Crippen molar-refractivity contribution in [3.63, 3.8) is 0 Å². The third-order valence-corrected chi connectivity index (χ3v) is 7.11. The summed E-state index contributed by atoms with van der Waals surface area (Å²) in [6.45, 7) is 10.5. The van der Waals surface area contributed by atoms with Crippen molar-refractivity contribution in [2.24, 2.45) is 0 Å². The maximum Gasteiger partial charge on any atom is 0.251 e. The third kappa shape index (κ3) is 5.47. The first-order chi connectivity index (χ1) is 16.6. The van der Waals surface area contributed by atoms with E-state index in [1.165, 1.54) is 16.8 Å². The molecule has 0 bridgehead atoms. The second kappa shape index (κ2) is 11.1. The first-order valence-electron chi connectivity index (χ1n) is 12.3. The molecule has 1 fully saturated rings. The van der Waals surface area contributed by atoms with Gasteiger partial charge in [-0.05, 0) is 74.7 Å². The van der Waals surface area contributed by atoms with E-state index in [1.807, 2.05) is 42.5 Å². The van der Waals surface area contributed by atoms with Gasteiger partial charge in [-0.2, -0.15) is 0 Å². The Bertz CT molecular complexity index is 1310. The zero-order valence-corrected chi connectivity index (χ0v) is 21.4. The number of nitrogens with one attached hydrogen (secondary N) is 1. The van der Waals surface area contributed by atoms with E-state index in [2.05, 4.69) is 47.2 Å². The summed E-state index contributed by atoms with van der Waals surface area (Å²) in [5.74, 6) is -0.0191. The van der Waals surface area contributed by atoms with Crippen molar-refractivity contribution in [3.8, 4) is 0 Å². The van der Waals surface area contributed by atoms with Crippen LogP contribution in [-0.2, 0) is 0 Å². The molecule has 0 atom stereocenters. The van der Waals surface area contributed by atoms with Crippen LogP contribution in [0, 0.1) is 13.8 Å². The van der Waals surface area contributed by atoms with Gasteiger partial charge < -0.3 is 14.6 Å². The minimum Gasteiger partial charge on any atom is -0.456 e. The second-order valence-electron chi connectivity index (χ2n) is 9.32. The molecule has 2 heterocycles. The number of carbonyl (C=O) groups is 1. The Balaban J connectivity index is 0.00000289. The van der Waals surface area contributed by atoms with Crippen LogP contribution < -0.4 is 10.2 Å². The molecule has 0 saturated carbocycles. The summed E-state index contributed by atoms with van der Waals surface area (Å²) in [5, 5.41) is 5.12. The lowest BCUT2D eigenvalue weighted by atomic mass is 10.1. The molecule has 5 nitrogen and oxygen atoms in total. The first-order valence-corrected chi connectivity index (χ1v) is 12.3. The van der Waals surface area contributed by atoms with Gasteiger partial charge in [-0.3, -0.25) is 9.69 Å². The lowest BCUT2D eigenvalue weighted by Crippen LogP contribution is -2.47. The molecule has 1 amide bonds. The Kier molecular flexibility index (Phi) is 7.99. The van der Waals surface area contributed by atoms with Gasteiger partial charge in [0.25, 0.3) is 5.91 Å². The summed E-state index contributed by atoms with van der Waals surface area (Å²) in [5.41, 5.74) is 6.48. The predicted molar refractivity (Wildman–Crippen MR) is 147 cm³/mol. The van der Waals surface area contributed by atoms with Crippen molar-refractivity contribution in [1.82, 2.24) is 10.2 Å². The van der Waals surface area contributed by atoms with Gasteiger partial charge in [-0.1, -0.05) is 30.3 Å². The van der Waals surface area contributed by atoms with Gasteiger partial charge in [0.1, 0.15) is 11.2 Å². The Morgan fingerprint density at radius 3 is 2.49 bits per heavy atom. The van der Waals surface area contributed by atoms with Crippen LogP contribution >= 0.6 is 12.4 Å². The van der Waals surface area contributed by atoms with Crippen molar-refractivity contribution in [2.75, 3.05) is 44.2 Å². The van der Waals surface area contributed by atoms with Crippen molar-refractivity contribution >= 4 is 45.9 Å². The minimum atomic E-state index is -0.0191. The molecule has 0 radical (unpaired) electrons. The van der Waals surface area contributed by atoms with Gasteiger partial charge in [0.05, 0.1) is 0 Å². The van der Waals surface area contributed by atoms with Crippen molar-refractivity contribution < 1.29 is 9.21 Å². The van der Waals surface area contributed by atoms with E-state index in [4.69, 9.17) is 4.42 Å². The van der Waals surface area contributed by atoms with E-state index in [0.717, 1.165) is 67.5 Å². The number of benzene rings is 3. The van der Waals surface area contributed by atoms with Crippen LogP contribution in [0.5, 0.6) is 0 Å². The number of carbonyl (C=O) groups excluding carboxylic acids is 1. The zero-order valence-electron chi connectivity index (χ0n) is 20.5. The van der Waals surface area contributed by atoms with Crippen LogP contribution in [0.3, 0.4) is 0 Å². The van der Waals surface area contributed by atoms with Crippen molar-refractivity contribution in [2.45, 2.75) is 26.7 Å². The van der Waals surface area contributed by atoms with Gasteiger partial charge in [0.2, 0.25) is 0 Å². The van der Waals surface area contributed by atoms with Gasteiger partial charge in [-0.15, -0.1) is 12.4 Å². The summed E-state index contributed by atoms with van der Waals surface area (Å²) in [7, 11) is 0. The topological polar surface area (TPSA) is 48.7 Å². The molecule has 1 aliphatic rings. The highest BCUT2D eigenvalue weighted by atomic mass is 35.5. The number of fused-ring (bicyclic) bond motifs is 3. The summed E-state index contributed by atoms with van der Waals surface area (Å²) in [6, 6.07) is 20.2. The van der Waals surface area contributed by atoms with Crippen LogP contribution in [0.15, 0.2) is 65.1 Å². The fourth-order valence-corrected chi connectivity index (χ4v) is 4.92. The Morgan fingerprint density at radius 1 is 0.886 bits per heavy atom. The molecule has 184 valence electrons. The van der Waals surface area contributed by atoms with Crippen LogP contribution in [-0.4, -0.2) is 50.1 Å². The SMILES string of the molecule is Cc1cccc(N2CCN(CCCCNC(=O)c3ccc4oc5ccccc5c4c3)CC2)c1C.Cl. The average molecular weight is 492 g/mol. The number of unbranched alkanes of at least 4 members (excludes halogenated alkanes) is 1. The minimum absolute atomic E-state index is 0. The molecule has 1 N–H and O–H groups in total. The highest BCUT2D eigenvalue weighted by molar-refractivity contribution is 6.08. The number of aryl methyl sites for hydroxylation is 1. The largest absolute Gasteiger partial charge is 0.456 e. The van der Waals surface area contributed by atoms with E-state index in [0.29, 0.717) is 12.1 Å². The van der Waals surface area contributed by atoms with E-state index < -0.39 is 0 Å². The van der Waals surface area contributed by atoms with Gasteiger partial charge in [-0.25, -0.2) is 0 Å². The number of para-hydroxylation sites is 1. The van der Waals surface area contributed by atoms with Gasteiger partial charge >= 0.3 is 0 Å². The number of nitrogens with zero attached hydrogens (tertiary/aromatic N) is 2. The molecule has 3 aromatic carbocycles. The fraction of sp³-hybridized carbons (Fsp3) is 0.345. The summed E-state index contributed by atoms with van der Waals surface area (Å²) in [6.07, 6.45) is 2.08. The molecule has 0 unspecified atom stereocenters. The van der Waals surface area contributed by atoms with E-state index in [-0.39, 0.29) is 18.3 Å². The lowest BCUT2D eigenvalue weighted by molar-refractivity contribution is 0.0952. The first kappa shape index (κ1) is 25.1. The lowest BCUT2D eigenvalue weighted by Gasteiger charge is -2.37. The number of piperazine rings is 1. The molecule has 5 rings (SSSR count). The number of hydrogen-bond acceptors (Lipinski definition) is 4. The number of anilines is 1. The maximum absolute atomic E-state index is 12.7. The monoisotopic (exact) mass is 491 g/mol. The standard InChI is InChI=1S/C29H33N3O2.ClH/c1-21-8-7-10-26(22(21)2)32-18-16-31(17-19-32)15-6-5-14-30-29(33)23-12-13-28-25(20-23)24-9-3-4-11-27(24)34-28;/h3-4,7-13,20H,5-6,14-19H2,1-2H3,(H,30,33);1H. The molecular weight excluding hydrogens is 458 g/mol. The van der Waals surface area contributed by atoms with Crippen molar-refractivity contribution in [3.05, 3.63) is 77.4 Å². The molecule has 0 spiro atoms. The quantitative estimate of drug-likeness (QED) is 0.324. The molecule has 0 aliphatic carbocycles. The highest BCUT2D eigenvalue weighted by Gasteiger charge is 2.18. The molecule has 1 aromatic heterocycles. The maximum atomic E-state index is 12.7. The number of amides is 1. The van der Waals surface area contributed by atoms with E-state index in [1.54, 1.807) is 0 Å². The van der Waals surface area contributed by atoms with Gasteiger partial charge in [0.15, 0.2) is 0 Å². The Morgan fingerprint density at radius 2 is 1.66 bits per heavy atom. The summed E-state index contributed by atoms with van der Waals surface area (Å²) < 4.78 is 5.86.